The zero-order valence-corrected chi connectivity index (χ0v) is 19.4. The third kappa shape index (κ3) is 3.50. The van der Waals surface area contributed by atoms with E-state index in [4.69, 9.17) is 11.6 Å². The highest BCUT2D eigenvalue weighted by atomic mass is 79.9. The van der Waals surface area contributed by atoms with Crippen molar-refractivity contribution in [1.29, 1.82) is 0 Å². The summed E-state index contributed by atoms with van der Waals surface area (Å²) in [6, 6.07) is 8.04. The molecule has 1 fully saturated rings. The summed E-state index contributed by atoms with van der Waals surface area (Å²) in [7, 11) is -1.93. The second kappa shape index (κ2) is 7.66. The van der Waals surface area contributed by atoms with Gasteiger partial charge in [0.2, 0.25) is 0 Å². The normalized spacial score (nSPS) is 19.0. The minimum Gasteiger partial charge on any atom is -0.318 e. The number of aromatic nitrogens is 1. The summed E-state index contributed by atoms with van der Waals surface area (Å²) < 4.78 is 31.4. The van der Waals surface area contributed by atoms with Crippen LogP contribution in [0.5, 0.6) is 0 Å². The van der Waals surface area contributed by atoms with Gasteiger partial charge in [0, 0.05) is 18.1 Å². The van der Waals surface area contributed by atoms with Gasteiger partial charge in [-0.2, -0.15) is 9.30 Å². The van der Waals surface area contributed by atoms with Crippen LogP contribution < -0.4 is 4.80 Å². The van der Waals surface area contributed by atoms with Crippen molar-refractivity contribution < 1.29 is 13.2 Å². The van der Waals surface area contributed by atoms with Crippen molar-refractivity contribution >= 4 is 76.4 Å². The van der Waals surface area contributed by atoms with E-state index in [0.29, 0.717) is 28.5 Å². The molecule has 148 valence electrons. The zero-order chi connectivity index (χ0) is 20.1. The molecule has 1 aliphatic heterocycles. The number of carbonyl (C=O) groups is 1. The summed E-state index contributed by atoms with van der Waals surface area (Å²) in [5, 5.41) is 0. The molecule has 0 N–H and O–H groups in total. The molecular weight excluding hydrogens is 506 g/mol. The zero-order valence-electron chi connectivity index (χ0n) is 14.6. The van der Waals surface area contributed by atoms with Crippen LogP contribution in [0.1, 0.15) is 12.8 Å². The average Bonchev–Trinajstić information content (AvgIpc) is 3.35. The first-order valence-corrected chi connectivity index (χ1v) is 12.6. The molecule has 3 aromatic rings. The number of aryl methyl sites for hydroxylation is 1. The number of hydrogen-bond donors (Lipinski definition) is 0. The summed E-state index contributed by atoms with van der Waals surface area (Å²) >= 11 is 11.8. The highest BCUT2D eigenvalue weighted by Crippen LogP contribution is 2.32. The summed E-state index contributed by atoms with van der Waals surface area (Å²) in [6.07, 6.45) is 1.08. The molecule has 0 spiro atoms. The molecule has 1 atom stereocenters. The Morgan fingerprint density at radius 3 is 2.75 bits per heavy atom. The largest absolute Gasteiger partial charge is 0.318 e. The van der Waals surface area contributed by atoms with Crippen LogP contribution in [0.25, 0.3) is 10.2 Å². The maximum Gasteiger partial charge on any atom is 0.266 e. The number of nitrogens with zero attached hydrogens (tertiary/aromatic N) is 3. The maximum atomic E-state index is 12.9. The van der Waals surface area contributed by atoms with Crippen LogP contribution in [0.15, 0.2) is 44.0 Å². The molecule has 11 heteroatoms. The molecule has 6 nitrogen and oxygen atoms in total. The minimum absolute atomic E-state index is 0.147. The maximum absolute atomic E-state index is 12.9. The van der Waals surface area contributed by atoms with Crippen molar-refractivity contribution in [1.82, 2.24) is 8.87 Å². The second-order valence-corrected chi connectivity index (χ2v) is 12.0. The Bertz CT molecular complexity index is 1250. The SMILES string of the molecule is Cn1c(=NC(=O)C2CCCN2S(=O)(=O)c2ccc(Cl)s2)sc2cccc(Br)c21. The number of thiazole rings is 1. The number of rotatable bonds is 3. The predicted molar refractivity (Wildman–Crippen MR) is 115 cm³/mol. The molecular formula is C17H15BrClN3O3S3. The van der Waals surface area contributed by atoms with Gasteiger partial charge in [-0.05, 0) is 53.0 Å². The topological polar surface area (TPSA) is 71.7 Å². The van der Waals surface area contributed by atoms with E-state index in [1.807, 2.05) is 29.8 Å². The third-order valence-corrected chi connectivity index (χ3v) is 9.92. The number of para-hydroxylation sites is 1. The van der Waals surface area contributed by atoms with Gasteiger partial charge in [0.15, 0.2) is 4.80 Å². The van der Waals surface area contributed by atoms with Crippen LogP contribution in [0.3, 0.4) is 0 Å². The monoisotopic (exact) mass is 519 g/mol. The first kappa shape index (κ1) is 20.2. The molecule has 1 saturated heterocycles. The highest BCUT2D eigenvalue weighted by Gasteiger charge is 2.40. The Morgan fingerprint density at radius 1 is 1.29 bits per heavy atom. The van der Waals surface area contributed by atoms with E-state index >= 15 is 0 Å². The Balaban J connectivity index is 1.71. The van der Waals surface area contributed by atoms with Crippen LogP contribution in [0, 0.1) is 0 Å². The van der Waals surface area contributed by atoms with Crippen molar-refractivity contribution in [2.45, 2.75) is 23.1 Å². The van der Waals surface area contributed by atoms with Gasteiger partial charge in [-0.15, -0.1) is 11.3 Å². The van der Waals surface area contributed by atoms with Gasteiger partial charge >= 0.3 is 0 Å². The van der Waals surface area contributed by atoms with Gasteiger partial charge in [-0.3, -0.25) is 4.79 Å². The smallest absolute Gasteiger partial charge is 0.266 e. The van der Waals surface area contributed by atoms with Crippen LogP contribution in [0.4, 0.5) is 0 Å². The Kier molecular flexibility index (Phi) is 5.54. The first-order valence-electron chi connectivity index (χ1n) is 8.39. The third-order valence-electron chi connectivity index (χ3n) is 4.58. The number of halogens is 2. The second-order valence-electron chi connectivity index (χ2n) is 6.31. The van der Waals surface area contributed by atoms with Gasteiger partial charge < -0.3 is 4.57 Å². The molecule has 1 aliphatic rings. The van der Waals surface area contributed by atoms with Crippen molar-refractivity contribution in [3.63, 3.8) is 0 Å². The number of sulfonamides is 1. The van der Waals surface area contributed by atoms with E-state index in [0.717, 1.165) is 26.0 Å². The lowest BCUT2D eigenvalue weighted by Gasteiger charge is -2.20. The molecule has 0 saturated carbocycles. The lowest BCUT2D eigenvalue weighted by Crippen LogP contribution is -2.40. The molecule has 0 aliphatic carbocycles. The molecule has 1 amide bonds. The number of thiophene rings is 1. The molecule has 2 aromatic heterocycles. The lowest BCUT2D eigenvalue weighted by molar-refractivity contribution is -0.121. The summed E-state index contributed by atoms with van der Waals surface area (Å²) in [4.78, 5) is 17.7. The molecule has 0 bridgehead atoms. The van der Waals surface area contributed by atoms with Crippen LogP contribution in [-0.4, -0.2) is 35.8 Å². The van der Waals surface area contributed by atoms with Gasteiger partial charge in [0.1, 0.15) is 10.3 Å². The molecule has 0 radical (unpaired) electrons. The fraction of sp³-hybridized carbons (Fsp3) is 0.294. The Labute approximate surface area is 183 Å². The number of benzene rings is 1. The number of fused-ring (bicyclic) bond motifs is 1. The standard InChI is InChI=1S/C17H15BrClN3O3S3/c1-21-15-10(18)4-2-6-12(15)26-17(21)20-16(23)11-5-3-9-22(11)28(24,25)14-8-7-13(19)27-14/h2,4,6-8,11H,3,5,9H2,1H3. The molecule has 4 rings (SSSR count). The van der Waals surface area contributed by atoms with E-state index < -0.39 is 22.0 Å². The van der Waals surface area contributed by atoms with Gasteiger partial charge in [-0.1, -0.05) is 29.0 Å². The summed E-state index contributed by atoms with van der Waals surface area (Å²) in [5.41, 5.74) is 0.947. The fourth-order valence-electron chi connectivity index (χ4n) is 3.26. The average molecular weight is 521 g/mol. The first-order chi connectivity index (χ1) is 13.3. The van der Waals surface area contributed by atoms with E-state index in [2.05, 4.69) is 20.9 Å². The molecule has 3 heterocycles. The minimum atomic E-state index is -3.77. The van der Waals surface area contributed by atoms with Gasteiger partial charge in [0.25, 0.3) is 15.9 Å². The van der Waals surface area contributed by atoms with E-state index in [9.17, 15) is 13.2 Å². The number of carbonyl (C=O) groups excluding carboxylic acids is 1. The van der Waals surface area contributed by atoms with Crippen molar-refractivity contribution in [2.75, 3.05) is 6.54 Å². The highest BCUT2D eigenvalue weighted by molar-refractivity contribution is 9.10. The summed E-state index contributed by atoms with van der Waals surface area (Å²) in [5.74, 6) is -0.443. The van der Waals surface area contributed by atoms with Crippen molar-refractivity contribution in [2.24, 2.45) is 12.0 Å². The van der Waals surface area contributed by atoms with E-state index in [1.54, 1.807) is 6.07 Å². The van der Waals surface area contributed by atoms with Gasteiger partial charge in [0.05, 0.1) is 14.6 Å². The van der Waals surface area contributed by atoms with Crippen LogP contribution in [0.2, 0.25) is 4.34 Å². The molecule has 1 aromatic carbocycles. The van der Waals surface area contributed by atoms with Crippen molar-refractivity contribution in [3.8, 4) is 0 Å². The van der Waals surface area contributed by atoms with Crippen LogP contribution >= 0.6 is 50.2 Å². The quantitative estimate of drug-likeness (QED) is 0.524. The Hall–Kier alpha value is -1.04. The predicted octanol–water partition coefficient (Wildman–Crippen LogP) is 4.00. The van der Waals surface area contributed by atoms with Crippen molar-refractivity contribution in [3.05, 3.63) is 43.9 Å². The molecule has 28 heavy (non-hydrogen) atoms. The van der Waals surface area contributed by atoms with E-state index in [1.165, 1.54) is 21.7 Å². The number of hydrogen-bond acceptors (Lipinski definition) is 5. The Morgan fingerprint density at radius 2 is 2.07 bits per heavy atom. The lowest BCUT2D eigenvalue weighted by atomic mass is 10.2. The van der Waals surface area contributed by atoms with Crippen LogP contribution in [-0.2, 0) is 21.9 Å². The summed E-state index contributed by atoms with van der Waals surface area (Å²) in [6.45, 7) is 0.299. The van der Waals surface area contributed by atoms with Gasteiger partial charge in [-0.25, -0.2) is 8.42 Å². The number of amides is 1. The van der Waals surface area contributed by atoms with E-state index in [-0.39, 0.29) is 4.21 Å². The molecule has 1 unspecified atom stereocenters. The fourth-order valence-corrected chi connectivity index (χ4v) is 8.34.